The number of rotatable bonds is 0. The highest BCUT2D eigenvalue weighted by Gasteiger charge is 2.36. The summed E-state index contributed by atoms with van der Waals surface area (Å²) in [5.41, 5.74) is 0.556. The molecule has 2 aliphatic rings. The summed E-state index contributed by atoms with van der Waals surface area (Å²) in [7, 11) is 0. The number of hydrogen-bond donors (Lipinski definition) is 2. The van der Waals surface area contributed by atoms with Gasteiger partial charge in [0.2, 0.25) is 0 Å². The Hall–Kier alpha value is -1.20. The predicted octanol–water partition coefficient (Wildman–Crippen LogP) is -0.720. The fourth-order valence-electron chi connectivity index (χ4n) is 1.69. The van der Waals surface area contributed by atoms with E-state index in [1.165, 1.54) is 0 Å². The van der Waals surface area contributed by atoms with E-state index in [4.69, 9.17) is 5.21 Å². The van der Waals surface area contributed by atoms with Gasteiger partial charge in [0.25, 0.3) is 11.8 Å². The molecule has 2 aliphatic heterocycles. The molecular formula is C8H10N2O3. The van der Waals surface area contributed by atoms with Gasteiger partial charge in [-0.15, -0.1) is 0 Å². The predicted molar refractivity (Wildman–Crippen MR) is 42.7 cm³/mol. The Morgan fingerprint density at radius 2 is 2.31 bits per heavy atom. The van der Waals surface area contributed by atoms with Crippen LogP contribution in [0.5, 0.6) is 0 Å². The molecule has 1 atom stereocenters. The van der Waals surface area contributed by atoms with Crippen LogP contribution in [-0.2, 0) is 9.59 Å². The van der Waals surface area contributed by atoms with Crippen LogP contribution in [-0.4, -0.2) is 35.2 Å². The molecule has 2 heterocycles. The zero-order chi connectivity index (χ0) is 9.42. The van der Waals surface area contributed by atoms with Gasteiger partial charge in [0.1, 0.15) is 0 Å². The lowest BCUT2D eigenvalue weighted by molar-refractivity contribution is -0.180. The van der Waals surface area contributed by atoms with Crippen LogP contribution in [0.15, 0.2) is 11.6 Å². The smallest absolute Gasteiger partial charge is 0.280 e. The highest BCUT2D eigenvalue weighted by molar-refractivity contribution is 6.06. The fraction of sp³-hybridized carbons (Fsp3) is 0.500. The Labute approximate surface area is 75.0 Å². The van der Waals surface area contributed by atoms with E-state index in [2.05, 4.69) is 5.32 Å². The van der Waals surface area contributed by atoms with Gasteiger partial charge in [-0.25, -0.2) is 0 Å². The molecule has 0 radical (unpaired) electrons. The Morgan fingerprint density at radius 3 is 3.08 bits per heavy atom. The quantitative estimate of drug-likeness (QED) is 0.383. The number of piperidine rings is 1. The molecule has 1 unspecified atom stereocenters. The van der Waals surface area contributed by atoms with Crippen LogP contribution in [0.4, 0.5) is 0 Å². The van der Waals surface area contributed by atoms with Gasteiger partial charge in [-0.1, -0.05) is 6.08 Å². The number of hydrogen-bond acceptors (Lipinski definition) is 4. The van der Waals surface area contributed by atoms with Crippen LogP contribution >= 0.6 is 0 Å². The molecule has 2 N–H and O–H groups in total. The fourth-order valence-corrected chi connectivity index (χ4v) is 1.69. The third-order valence-corrected chi connectivity index (χ3v) is 2.39. The molecular weight excluding hydrogens is 172 g/mol. The minimum atomic E-state index is -0.567. The monoisotopic (exact) mass is 182 g/mol. The van der Waals surface area contributed by atoms with Gasteiger partial charge in [-0.3, -0.25) is 14.8 Å². The molecule has 1 saturated heterocycles. The number of hydroxylamine groups is 2. The van der Waals surface area contributed by atoms with Crippen molar-refractivity contribution < 1.29 is 14.8 Å². The summed E-state index contributed by atoms with van der Waals surface area (Å²) >= 11 is 0. The Bertz CT molecular complexity index is 298. The van der Waals surface area contributed by atoms with Crippen molar-refractivity contribution in [1.29, 1.82) is 0 Å². The molecule has 5 nitrogen and oxygen atoms in total. The Balaban J connectivity index is 2.30. The molecule has 0 aromatic heterocycles. The van der Waals surface area contributed by atoms with E-state index in [0.29, 0.717) is 18.7 Å². The molecule has 2 rings (SSSR count). The number of carbonyl (C=O) groups is 2. The minimum Gasteiger partial charge on any atom is -0.313 e. The Morgan fingerprint density at radius 1 is 1.54 bits per heavy atom. The molecule has 0 saturated carbocycles. The number of amides is 2. The van der Waals surface area contributed by atoms with Crippen molar-refractivity contribution in [3.05, 3.63) is 11.6 Å². The number of imide groups is 1. The molecule has 0 spiro atoms. The molecule has 0 bridgehead atoms. The number of nitrogens with one attached hydrogen (secondary N) is 1. The molecule has 70 valence electrons. The average Bonchev–Trinajstić information content (AvgIpc) is 2.15. The number of fused-ring (bicyclic) bond motifs is 1. The first kappa shape index (κ1) is 8.40. The van der Waals surface area contributed by atoms with Crippen LogP contribution in [0.3, 0.4) is 0 Å². The van der Waals surface area contributed by atoms with E-state index in [9.17, 15) is 9.59 Å². The van der Waals surface area contributed by atoms with Crippen molar-refractivity contribution in [3.63, 3.8) is 0 Å². The van der Waals surface area contributed by atoms with Crippen LogP contribution in [0.2, 0.25) is 0 Å². The van der Waals surface area contributed by atoms with Crippen LogP contribution in [0.1, 0.15) is 6.42 Å². The lowest BCUT2D eigenvalue weighted by atomic mass is 9.88. The molecule has 0 aliphatic carbocycles. The normalized spacial score (nSPS) is 28.5. The van der Waals surface area contributed by atoms with E-state index in [1.54, 1.807) is 6.08 Å². The van der Waals surface area contributed by atoms with Crippen molar-refractivity contribution in [3.8, 4) is 0 Å². The average molecular weight is 182 g/mol. The van der Waals surface area contributed by atoms with Crippen molar-refractivity contribution >= 4 is 11.8 Å². The molecule has 13 heavy (non-hydrogen) atoms. The summed E-state index contributed by atoms with van der Waals surface area (Å²) in [6, 6.07) is 0. The van der Waals surface area contributed by atoms with Gasteiger partial charge in [0, 0.05) is 31.0 Å². The minimum absolute atomic E-state index is 0.0582. The first-order chi connectivity index (χ1) is 6.20. The first-order valence-electron chi connectivity index (χ1n) is 4.17. The second kappa shape index (κ2) is 2.93. The lowest BCUT2D eigenvalue weighted by Crippen LogP contribution is -2.47. The van der Waals surface area contributed by atoms with Gasteiger partial charge in [-0.2, -0.15) is 5.06 Å². The van der Waals surface area contributed by atoms with Gasteiger partial charge < -0.3 is 5.32 Å². The van der Waals surface area contributed by atoms with Crippen LogP contribution in [0, 0.1) is 5.92 Å². The summed E-state index contributed by atoms with van der Waals surface area (Å²) in [4.78, 5) is 22.4. The van der Waals surface area contributed by atoms with Crippen molar-refractivity contribution in [2.75, 3.05) is 13.1 Å². The second-order valence-corrected chi connectivity index (χ2v) is 3.23. The highest BCUT2D eigenvalue weighted by atomic mass is 16.5. The van der Waals surface area contributed by atoms with Gasteiger partial charge in [-0.05, 0) is 0 Å². The van der Waals surface area contributed by atoms with E-state index < -0.39 is 11.8 Å². The Kier molecular flexibility index (Phi) is 1.90. The number of carbonyl (C=O) groups excluding carboxylic acids is 2. The molecule has 0 aromatic carbocycles. The second-order valence-electron chi connectivity index (χ2n) is 3.23. The maximum absolute atomic E-state index is 11.3. The largest absolute Gasteiger partial charge is 0.313 e. The van der Waals surface area contributed by atoms with Crippen LogP contribution < -0.4 is 5.32 Å². The van der Waals surface area contributed by atoms with Gasteiger partial charge in [0.05, 0.1) is 0 Å². The number of nitrogens with zero attached hydrogens (tertiary/aromatic N) is 1. The zero-order valence-corrected chi connectivity index (χ0v) is 6.99. The maximum Gasteiger partial charge on any atom is 0.280 e. The van der Waals surface area contributed by atoms with E-state index in [0.717, 1.165) is 0 Å². The van der Waals surface area contributed by atoms with Crippen LogP contribution in [0.25, 0.3) is 0 Å². The molecule has 5 heteroatoms. The summed E-state index contributed by atoms with van der Waals surface area (Å²) in [5.74, 6) is -1.14. The lowest BCUT2D eigenvalue weighted by Gasteiger charge is -2.30. The summed E-state index contributed by atoms with van der Waals surface area (Å²) in [5, 5.41) is 12.3. The molecule has 0 aromatic rings. The SMILES string of the molecule is O=C1CC2CNCC=C2C(=O)N1O. The third-order valence-electron chi connectivity index (χ3n) is 2.39. The molecule has 2 amide bonds. The third kappa shape index (κ3) is 1.26. The first-order valence-corrected chi connectivity index (χ1v) is 4.17. The van der Waals surface area contributed by atoms with E-state index in [1.807, 2.05) is 0 Å². The molecule has 1 fully saturated rings. The summed E-state index contributed by atoms with van der Waals surface area (Å²) in [6.07, 6.45) is 1.94. The summed E-state index contributed by atoms with van der Waals surface area (Å²) in [6.45, 7) is 1.26. The van der Waals surface area contributed by atoms with E-state index >= 15 is 0 Å². The van der Waals surface area contributed by atoms with Gasteiger partial charge in [0.15, 0.2) is 0 Å². The van der Waals surface area contributed by atoms with Crippen molar-refractivity contribution in [2.45, 2.75) is 6.42 Å². The zero-order valence-electron chi connectivity index (χ0n) is 6.99. The van der Waals surface area contributed by atoms with Crippen molar-refractivity contribution in [1.82, 2.24) is 10.4 Å². The topological polar surface area (TPSA) is 69.6 Å². The highest BCUT2D eigenvalue weighted by Crippen LogP contribution is 2.25. The standard InChI is InChI=1S/C8H10N2O3/c11-7-3-5-4-9-2-1-6(5)8(12)10(7)13/h1,5,9,13H,2-4H2. The maximum atomic E-state index is 11.3. The van der Waals surface area contributed by atoms with E-state index in [-0.39, 0.29) is 17.4 Å². The van der Waals surface area contributed by atoms with Gasteiger partial charge >= 0.3 is 0 Å². The van der Waals surface area contributed by atoms with Crippen molar-refractivity contribution in [2.24, 2.45) is 5.92 Å². The summed E-state index contributed by atoms with van der Waals surface area (Å²) < 4.78 is 0.